The van der Waals surface area contributed by atoms with Crippen molar-refractivity contribution < 1.29 is 14.6 Å². The van der Waals surface area contributed by atoms with Crippen molar-refractivity contribution in [2.75, 3.05) is 13.2 Å². The van der Waals surface area contributed by atoms with E-state index in [1.54, 1.807) is 6.92 Å². The SMILES string of the molecule is CC(O)CC1CCCN1C(=O)COc1ccc2c(c1)CCC2. The first kappa shape index (κ1) is 15.3. The maximum Gasteiger partial charge on any atom is 0.260 e. The van der Waals surface area contributed by atoms with Crippen molar-refractivity contribution in [1.82, 2.24) is 4.90 Å². The number of aryl methyl sites for hydroxylation is 2. The highest BCUT2D eigenvalue weighted by Crippen LogP contribution is 2.26. The quantitative estimate of drug-likeness (QED) is 0.908. The number of amides is 1. The van der Waals surface area contributed by atoms with Crippen molar-refractivity contribution in [2.24, 2.45) is 0 Å². The Morgan fingerprint density at radius 3 is 3.00 bits per heavy atom. The fourth-order valence-electron chi connectivity index (χ4n) is 3.67. The molecule has 3 rings (SSSR count). The molecule has 2 aliphatic rings. The predicted octanol–water partition coefficient (Wildman–Crippen LogP) is 2.32. The number of benzene rings is 1. The van der Waals surface area contributed by atoms with Gasteiger partial charge in [0, 0.05) is 12.6 Å². The number of nitrogens with zero attached hydrogens (tertiary/aromatic N) is 1. The second kappa shape index (κ2) is 6.69. The van der Waals surface area contributed by atoms with Crippen LogP contribution in [-0.2, 0) is 17.6 Å². The van der Waals surface area contributed by atoms with Crippen LogP contribution in [0.1, 0.15) is 43.7 Å². The lowest BCUT2D eigenvalue weighted by atomic mass is 10.1. The first-order chi connectivity index (χ1) is 10.6. The molecule has 1 saturated heterocycles. The molecule has 1 aromatic carbocycles. The lowest BCUT2D eigenvalue weighted by molar-refractivity contribution is -0.134. The van der Waals surface area contributed by atoms with Crippen LogP contribution in [0.5, 0.6) is 5.75 Å². The molecule has 2 unspecified atom stereocenters. The lowest BCUT2D eigenvalue weighted by Gasteiger charge is -2.25. The lowest BCUT2D eigenvalue weighted by Crippen LogP contribution is -2.40. The normalized spacial score (nSPS) is 21.7. The van der Waals surface area contributed by atoms with Crippen LogP contribution in [0, 0.1) is 0 Å². The third-order valence-corrected chi connectivity index (χ3v) is 4.74. The summed E-state index contributed by atoms with van der Waals surface area (Å²) in [5, 5.41) is 9.54. The van der Waals surface area contributed by atoms with Crippen LogP contribution in [0.15, 0.2) is 18.2 Å². The minimum absolute atomic E-state index is 0.0312. The third kappa shape index (κ3) is 3.43. The first-order valence-electron chi connectivity index (χ1n) is 8.35. The molecule has 4 nitrogen and oxygen atoms in total. The van der Waals surface area contributed by atoms with Crippen molar-refractivity contribution in [3.63, 3.8) is 0 Å². The molecular weight excluding hydrogens is 278 g/mol. The predicted molar refractivity (Wildman–Crippen MR) is 85.0 cm³/mol. The molecule has 0 saturated carbocycles. The zero-order chi connectivity index (χ0) is 15.5. The zero-order valence-corrected chi connectivity index (χ0v) is 13.3. The molecule has 1 aromatic rings. The summed E-state index contributed by atoms with van der Waals surface area (Å²) >= 11 is 0. The first-order valence-corrected chi connectivity index (χ1v) is 8.35. The molecule has 1 N–H and O–H groups in total. The van der Waals surface area contributed by atoms with E-state index in [4.69, 9.17) is 4.74 Å². The fourth-order valence-corrected chi connectivity index (χ4v) is 3.67. The zero-order valence-electron chi connectivity index (χ0n) is 13.3. The molecule has 0 radical (unpaired) electrons. The number of hydrogen-bond acceptors (Lipinski definition) is 3. The summed E-state index contributed by atoms with van der Waals surface area (Å²) in [6, 6.07) is 6.33. The molecule has 1 heterocycles. The van der Waals surface area contributed by atoms with Gasteiger partial charge in [0.25, 0.3) is 5.91 Å². The van der Waals surface area contributed by atoms with Crippen LogP contribution in [0.3, 0.4) is 0 Å². The van der Waals surface area contributed by atoms with Crippen LogP contribution in [0.25, 0.3) is 0 Å². The smallest absolute Gasteiger partial charge is 0.260 e. The van der Waals surface area contributed by atoms with E-state index >= 15 is 0 Å². The van der Waals surface area contributed by atoms with E-state index in [2.05, 4.69) is 12.1 Å². The number of likely N-dealkylation sites (tertiary alicyclic amines) is 1. The van der Waals surface area contributed by atoms with E-state index in [0.717, 1.165) is 38.0 Å². The Hall–Kier alpha value is -1.55. The van der Waals surface area contributed by atoms with Crippen LogP contribution in [0.4, 0.5) is 0 Å². The van der Waals surface area contributed by atoms with Gasteiger partial charge in [0.2, 0.25) is 0 Å². The van der Waals surface area contributed by atoms with Gasteiger partial charge in [-0.15, -0.1) is 0 Å². The maximum absolute atomic E-state index is 12.4. The molecular formula is C18H25NO3. The Morgan fingerprint density at radius 1 is 1.36 bits per heavy atom. The van der Waals surface area contributed by atoms with Gasteiger partial charge in [-0.1, -0.05) is 6.07 Å². The summed E-state index contributed by atoms with van der Waals surface area (Å²) in [6.45, 7) is 2.65. The molecule has 2 atom stereocenters. The number of aliphatic hydroxyl groups excluding tert-OH is 1. The molecule has 0 bridgehead atoms. The van der Waals surface area contributed by atoms with E-state index in [1.807, 2.05) is 11.0 Å². The Morgan fingerprint density at radius 2 is 2.18 bits per heavy atom. The summed E-state index contributed by atoms with van der Waals surface area (Å²) in [5.74, 6) is 0.823. The minimum atomic E-state index is -0.365. The second-order valence-electron chi connectivity index (χ2n) is 6.54. The van der Waals surface area contributed by atoms with Crippen molar-refractivity contribution in [2.45, 2.75) is 57.6 Å². The molecule has 1 aliphatic heterocycles. The molecule has 22 heavy (non-hydrogen) atoms. The van der Waals surface area contributed by atoms with E-state index < -0.39 is 0 Å². The van der Waals surface area contributed by atoms with Crippen LogP contribution in [-0.4, -0.2) is 41.2 Å². The van der Waals surface area contributed by atoms with Gasteiger partial charge in [-0.25, -0.2) is 0 Å². The van der Waals surface area contributed by atoms with Crippen molar-refractivity contribution in [1.29, 1.82) is 0 Å². The number of rotatable bonds is 5. The Balaban J connectivity index is 1.55. The molecule has 4 heteroatoms. The summed E-state index contributed by atoms with van der Waals surface area (Å²) in [6.07, 6.45) is 5.78. The highest BCUT2D eigenvalue weighted by Gasteiger charge is 2.29. The highest BCUT2D eigenvalue weighted by atomic mass is 16.5. The number of ether oxygens (including phenoxy) is 1. The molecule has 120 valence electrons. The van der Waals surface area contributed by atoms with Gasteiger partial charge in [0.15, 0.2) is 6.61 Å². The van der Waals surface area contributed by atoms with Crippen molar-refractivity contribution >= 4 is 5.91 Å². The number of hydrogen-bond donors (Lipinski definition) is 1. The van der Waals surface area contributed by atoms with Gasteiger partial charge in [0.05, 0.1) is 6.10 Å². The van der Waals surface area contributed by atoms with Crippen LogP contribution < -0.4 is 4.74 Å². The molecule has 0 spiro atoms. The maximum atomic E-state index is 12.4. The van der Waals surface area contributed by atoms with Crippen molar-refractivity contribution in [3.8, 4) is 5.75 Å². The van der Waals surface area contributed by atoms with Gasteiger partial charge >= 0.3 is 0 Å². The highest BCUT2D eigenvalue weighted by molar-refractivity contribution is 5.78. The standard InChI is InChI=1S/C18H25NO3/c1-13(20)10-16-6-3-9-19(16)18(21)12-22-17-8-7-14-4-2-5-15(14)11-17/h7-8,11,13,16,20H,2-6,9-10,12H2,1H3. The number of carbonyl (C=O) groups excluding carboxylic acids is 1. The molecule has 1 aliphatic carbocycles. The topological polar surface area (TPSA) is 49.8 Å². The van der Waals surface area contributed by atoms with Gasteiger partial charge in [-0.05, 0) is 68.7 Å². The third-order valence-electron chi connectivity index (χ3n) is 4.74. The summed E-state index contributed by atoms with van der Waals surface area (Å²) < 4.78 is 5.71. The van der Waals surface area contributed by atoms with Gasteiger partial charge in [-0.2, -0.15) is 0 Å². The van der Waals surface area contributed by atoms with Crippen LogP contribution in [0.2, 0.25) is 0 Å². The fraction of sp³-hybridized carbons (Fsp3) is 0.611. The van der Waals surface area contributed by atoms with E-state index in [-0.39, 0.29) is 24.7 Å². The number of aliphatic hydroxyl groups is 1. The van der Waals surface area contributed by atoms with Gasteiger partial charge in [-0.3, -0.25) is 4.79 Å². The monoisotopic (exact) mass is 303 g/mol. The van der Waals surface area contributed by atoms with Crippen LogP contribution >= 0.6 is 0 Å². The Kier molecular flexibility index (Phi) is 4.67. The largest absolute Gasteiger partial charge is 0.484 e. The second-order valence-corrected chi connectivity index (χ2v) is 6.54. The summed E-state index contributed by atoms with van der Waals surface area (Å²) in [4.78, 5) is 14.2. The average Bonchev–Trinajstić information content (AvgIpc) is 3.12. The van der Waals surface area contributed by atoms with E-state index in [0.29, 0.717) is 6.42 Å². The summed E-state index contributed by atoms with van der Waals surface area (Å²) in [5.41, 5.74) is 2.77. The Labute approximate surface area is 132 Å². The van der Waals surface area contributed by atoms with Gasteiger partial charge < -0.3 is 14.7 Å². The molecule has 1 amide bonds. The van der Waals surface area contributed by atoms with E-state index in [9.17, 15) is 9.90 Å². The average molecular weight is 303 g/mol. The minimum Gasteiger partial charge on any atom is -0.484 e. The number of fused-ring (bicyclic) bond motifs is 1. The summed E-state index contributed by atoms with van der Waals surface area (Å²) in [7, 11) is 0. The van der Waals surface area contributed by atoms with Crippen molar-refractivity contribution in [3.05, 3.63) is 29.3 Å². The van der Waals surface area contributed by atoms with Gasteiger partial charge in [0.1, 0.15) is 5.75 Å². The number of carbonyl (C=O) groups is 1. The van der Waals surface area contributed by atoms with E-state index in [1.165, 1.54) is 17.5 Å². The molecule has 0 aromatic heterocycles. The molecule has 1 fully saturated rings. The Bertz CT molecular complexity index is 541.